The maximum Gasteiger partial charge on any atom is 0.162 e. The second-order valence-corrected chi connectivity index (χ2v) is 10.5. The number of fused-ring (bicyclic) bond motifs is 1. The molecule has 0 saturated carbocycles. The van der Waals surface area contributed by atoms with Crippen molar-refractivity contribution < 1.29 is 9.53 Å². The third-order valence-corrected chi connectivity index (χ3v) is 7.67. The van der Waals surface area contributed by atoms with Gasteiger partial charge >= 0.3 is 0 Å². The van der Waals surface area contributed by atoms with Gasteiger partial charge in [0.05, 0.1) is 0 Å². The van der Waals surface area contributed by atoms with E-state index in [4.69, 9.17) is 4.74 Å². The van der Waals surface area contributed by atoms with Crippen LogP contribution in [0.2, 0.25) is 0 Å². The molecule has 3 aromatic carbocycles. The van der Waals surface area contributed by atoms with Crippen molar-refractivity contribution in [2.45, 2.75) is 52.2 Å². The van der Waals surface area contributed by atoms with Crippen molar-refractivity contribution in [3.8, 4) is 5.75 Å². The first-order valence-electron chi connectivity index (χ1n) is 13.5. The zero-order valence-electron chi connectivity index (χ0n) is 21.5. The van der Waals surface area contributed by atoms with Crippen molar-refractivity contribution in [3.05, 3.63) is 101 Å². The lowest BCUT2D eigenvalue weighted by molar-refractivity contribution is 0.0961. The van der Waals surface area contributed by atoms with E-state index in [0.29, 0.717) is 18.9 Å². The number of rotatable bonds is 8. The van der Waals surface area contributed by atoms with Crippen LogP contribution in [0.1, 0.15) is 58.3 Å². The Morgan fingerprint density at radius 3 is 2.44 bits per heavy atom. The van der Waals surface area contributed by atoms with E-state index in [2.05, 4.69) is 77.4 Å². The molecule has 2 heterocycles. The fourth-order valence-corrected chi connectivity index (χ4v) is 5.58. The standard InChI is InChI=1S/C32H38N2O2/c1-25-6-5-9-28(20-25)23-33-16-14-26(15-17-33)10-12-31(35)29-11-13-32-30(21-29)24-34(18-19-36-32)22-27-7-3-2-4-8-27/h2-9,11,13,20-21,26H,10,12,14-19,22-24H2,1H3. The molecule has 188 valence electrons. The lowest BCUT2D eigenvalue weighted by Crippen LogP contribution is -2.33. The molecule has 5 rings (SSSR count). The molecular weight excluding hydrogens is 444 g/mol. The van der Waals surface area contributed by atoms with Crippen molar-refractivity contribution >= 4 is 5.78 Å². The summed E-state index contributed by atoms with van der Waals surface area (Å²) in [5.41, 5.74) is 5.99. The fourth-order valence-electron chi connectivity index (χ4n) is 5.58. The van der Waals surface area contributed by atoms with Crippen molar-refractivity contribution in [1.29, 1.82) is 0 Å². The lowest BCUT2D eigenvalue weighted by Gasteiger charge is -2.32. The maximum atomic E-state index is 13.1. The van der Waals surface area contributed by atoms with Crippen LogP contribution in [0, 0.1) is 12.8 Å². The predicted octanol–water partition coefficient (Wildman–Crippen LogP) is 6.26. The molecule has 1 saturated heterocycles. The molecule has 3 aromatic rings. The summed E-state index contributed by atoms with van der Waals surface area (Å²) in [5, 5.41) is 0. The molecule has 0 N–H and O–H groups in total. The van der Waals surface area contributed by atoms with E-state index >= 15 is 0 Å². The average Bonchev–Trinajstić information content (AvgIpc) is 3.10. The highest BCUT2D eigenvalue weighted by atomic mass is 16.5. The van der Waals surface area contributed by atoms with Crippen molar-refractivity contribution in [3.63, 3.8) is 0 Å². The molecule has 0 unspecified atom stereocenters. The van der Waals surface area contributed by atoms with Gasteiger partial charge in [0.1, 0.15) is 12.4 Å². The van der Waals surface area contributed by atoms with Crippen LogP contribution in [0.15, 0.2) is 72.8 Å². The Labute approximate surface area is 215 Å². The van der Waals surface area contributed by atoms with Gasteiger partial charge in [-0.1, -0.05) is 60.2 Å². The summed E-state index contributed by atoms with van der Waals surface area (Å²) in [6.07, 6.45) is 4.00. The maximum absolute atomic E-state index is 13.1. The van der Waals surface area contributed by atoms with Gasteiger partial charge in [-0.2, -0.15) is 0 Å². The van der Waals surface area contributed by atoms with Gasteiger partial charge in [-0.25, -0.2) is 0 Å². The molecule has 36 heavy (non-hydrogen) atoms. The third-order valence-electron chi connectivity index (χ3n) is 7.67. The second-order valence-electron chi connectivity index (χ2n) is 10.5. The molecular formula is C32H38N2O2. The van der Waals surface area contributed by atoms with E-state index in [1.807, 2.05) is 12.1 Å². The first-order chi connectivity index (χ1) is 17.6. The van der Waals surface area contributed by atoms with E-state index in [0.717, 1.165) is 62.6 Å². The number of benzene rings is 3. The van der Waals surface area contributed by atoms with E-state index in [-0.39, 0.29) is 5.78 Å². The number of piperidine rings is 1. The minimum Gasteiger partial charge on any atom is -0.492 e. The first-order valence-corrected chi connectivity index (χ1v) is 13.5. The van der Waals surface area contributed by atoms with Crippen LogP contribution in [0.4, 0.5) is 0 Å². The average molecular weight is 483 g/mol. The molecule has 0 aliphatic carbocycles. The number of Topliss-reactive ketones (excluding diaryl/α,β-unsaturated/α-hetero) is 1. The summed E-state index contributed by atoms with van der Waals surface area (Å²) in [6, 6.07) is 25.4. The molecule has 0 spiro atoms. The number of ether oxygens (including phenoxy) is 1. The third kappa shape index (κ3) is 6.63. The van der Waals surface area contributed by atoms with Crippen LogP contribution in [-0.4, -0.2) is 41.8 Å². The Balaban J connectivity index is 1.12. The van der Waals surface area contributed by atoms with Gasteiger partial charge in [-0.15, -0.1) is 0 Å². The topological polar surface area (TPSA) is 32.8 Å². The van der Waals surface area contributed by atoms with Crippen molar-refractivity contribution in [2.75, 3.05) is 26.2 Å². The second kappa shape index (κ2) is 11.9. The van der Waals surface area contributed by atoms with E-state index < -0.39 is 0 Å². The van der Waals surface area contributed by atoms with Crippen molar-refractivity contribution in [1.82, 2.24) is 9.80 Å². The zero-order chi connectivity index (χ0) is 24.7. The number of nitrogens with zero attached hydrogens (tertiary/aromatic N) is 2. The number of ketones is 1. The molecule has 0 radical (unpaired) electrons. The molecule has 0 amide bonds. The Kier molecular flexibility index (Phi) is 8.15. The predicted molar refractivity (Wildman–Crippen MR) is 145 cm³/mol. The van der Waals surface area contributed by atoms with E-state index in [1.165, 1.54) is 29.5 Å². The molecule has 0 atom stereocenters. The quantitative estimate of drug-likeness (QED) is 0.355. The monoisotopic (exact) mass is 482 g/mol. The molecule has 0 bridgehead atoms. The summed E-state index contributed by atoms with van der Waals surface area (Å²) >= 11 is 0. The highest BCUT2D eigenvalue weighted by molar-refractivity contribution is 5.96. The summed E-state index contributed by atoms with van der Waals surface area (Å²) in [4.78, 5) is 18.1. The highest BCUT2D eigenvalue weighted by Crippen LogP contribution is 2.28. The van der Waals surface area contributed by atoms with Crippen LogP contribution >= 0.6 is 0 Å². The Morgan fingerprint density at radius 2 is 1.64 bits per heavy atom. The van der Waals surface area contributed by atoms with Crippen LogP contribution in [0.25, 0.3) is 0 Å². The number of hydrogen-bond donors (Lipinski definition) is 0. The van der Waals surface area contributed by atoms with Crippen LogP contribution < -0.4 is 4.74 Å². The van der Waals surface area contributed by atoms with Gasteiger partial charge in [-0.3, -0.25) is 14.6 Å². The Hall–Kier alpha value is -2.95. The van der Waals surface area contributed by atoms with Gasteiger partial charge in [-0.05, 0) is 74.5 Å². The summed E-state index contributed by atoms with van der Waals surface area (Å²) in [6.45, 7) is 8.71. The largest absolute Gasteiger partial charge is 0.492 e. The van der Waals surface area contributed by atoms with Gasteiger partial charge < -0.3 is 4.74 Å². The Morgan fingerprint density at radius 1 is 0.861 bits per heavy atom. The number of aryl methyl sites for hydroxylation is 1. The summed E-state index contributed by atoms with van der Waals surface area (Å²) in [7, 11) is 0. The molecule has 2 aliphatic heterocycles. The van der Waals surface area contributed by atoms with Crippen LogP contribution in [0.5, 0.6) is 5.75 Å². The van der Waals surface area contributed by atoms with Gasteiger partial charge in [0.2, 0.25) is 0 Å². The first kappa shape index (κ1) is 24.7. The van der Waals surface area contributed by atoms with Gasteiger partial charge in [0.25, 0.3) is 0 Å². The van der Waals surface area contributed by atoms with Crippen molar-refractivity contribution in [2.24, 2.45) is 5.92 Å². The smallest absolute Gasteiger partial charge is 0.162 e. The SMILES string of the molecule is Cc1cccc(CN2CCC(CCC(=O)c3ccc4c(c3)CN(Cc3ccccc3)CCO4)CC2)c1. The highest BCUT2D eigenvalue weighted by Gasteiger charge is 2.22. The zero-order valence-corrected chi connectivity index (χ0v) is 21.5. The summed E-state index contributed by atoms with van der Waals surface area (Å²) < 4.78 is 6.01. The molecule has 4 nitrogen and oxygen atoms in total. The molecule has 1 fully saturated rings. The number of carbonyl (C=O) groups is 1. The van der Waals surface area contributed by atoms with Crippen LogP contribution in [-0.2, 0) is 19.6 Å². The summed E-state index contributed by atoms with van der Waals surface area (Å²) in [5.74, 6) is 1.83. The lowest BCUT2D eigenvalue weighted by atomic mass is 9.90. The van der Waals surface area contributed by atoms with Gasteiger partial charge in [0, 0.05) is 43.7 Å². The van der Waals surface area contributed by atoms with E-state index in [9.17, 15) is 4.79 Å². The van der Waals surface area contributed by atoms with E-state index in [1.54, 1.807) is 0 Å². The number of carbonyl (C=O) groups excluding carboxylic acids is 1. The number of likely N-dealkylation sites (tertiary alicyclic amines) is 1. The normalized spacial score (nSPS) is 17.2. The molecule has 2 aliphatic rings. The molecule has 0 aromatic heterocycles. The minimum absolute atomic E-state index is 0.263. The van der Waals surface area contributed by atoms with Gasteiger partial charge in [0.15, 0.2) is 5.78 Å². The van der Waals surface area contributed by atoms with Crippen LogP contribution in [0.3, 0.4) is 0 Å². The minimum atomic E-state index is 0.263. The fraction of sp³-hybridized carbons (Fsp3) is 0.406. The number of hydrogen-bond acceptors (Lipinski definition) is 4. The molecule has 4 heteroatoms. The Bertz CT molecular complexity index is 1150.